The molecular formula is C21H25N3O3. The molecule has 2 aromatic rings. The van der Waals surface area contributed by atoms with Gasteiger partial charge < -0.3 is 10.2 Å². The minimum atomic E-state index is -0.460. The van der Waals surface area contributed by atoms with Crippen LogP contribution in [-0.2, 0) is 6.42 Å². The molecular weight excluding hydrogens is 342 g/mol. The minimum absolute atomic E-state index is 0.0271. The molecule has 1 heterocycles. The maximum absolute atomic E-state index is 12.2. The zero-order chi connectivity index (χ0) is 19.2. The fourth-order valence-corrected chi connectivity index (χ4v) is 3.39. The minimum Gasteiger partial charge on any atom is -0.372 e. The molecule has 3 rings (SSSR count). The molecule has 0 radical (unpaired) electrons. The number of anilines is 1. The van der Waals surface area contributed by atoms with Crippen molar-refractivity contribution in [3.8, 4) is 0 Å². The first kappa shape index (κ1) is 18.9. The van der Waals surface area contributed by atoms with E-state index < -0.39 is 4.92 Å². The second-order valence-corrected chi connectivity index (χ2v) is 6.98. The molecule has 1 N–H and O–H groups in total. The lowest BCUT2D eigenvalue weighted by atomic mass is 10.1. The smallest absolute Gasteiger partial charge is 0.273 e. The van der Waals surface area contributed by atoms with E-state index in [-0.39, 0.29) is 11.6 Å². The molecule has 0 saturated carbocycles. The van der Waals surface area contributed by atoms with E-state index in [2.05, 4.69) is 34.5 Å². The van der Waals surface area contributed by atoms with Gasteiger partial charge in [0.2, 0.25) is 0 Å². The van der Waals surface area contributed by atoms with Crippen LogP contribution in [0.2, 0.25) is 0 Å². The Morgan fingerprint density at radius 3 is 2.52 bits per heavy atom. The van der Waals surface area contributed by atoms with Gasteiger partial charge in [-0.1, -0.05) is 18.2 Å². The Kier molecular flexibility index (Phi) is 6.06. The normalized spacial score (nSPS) is 13.6. The number of carbonyl (C=O) groups is 1. The average molecular weight is 367 g/mol. The lowest BCUT2D eigenvalue weighted by Crippen LogP contribution is -2.24. The third kappa shape index (κ3) is 4.84. The number of rotatable bonds is 7. The Morgan fingerprint density at radius 2 is 1.85 bits per heavy atom. The fraction of sp³-hybridized carbons (Fsp3) is 0.381. The van der Waals surface area contributed by atoms with E-state index in [4.69, 9.17) is 0 Å². The molecule has 1 amide bonds. The molecule has 0 aromatic heterocycles. The average Bonchev–Trinajstić information content (AvgIpc) is 3.20. The van der Waals surface area contributed by atoms with Crippen molar-refractivity contribution in [2.45, 2.75) is 32.6 Å². The van der Waals surface area contributed by atoms with Crippen LogP contribution in [0.25, 0.3) is 0 Å². The number of amides is 1. The molecule has 6 heteroatoms. The Balaban J connectivity index is 1.46. The molecule has 0 atom stereocenters. The third-order valence-electron chi connectivity index (χ3n) is 5.00. The molecule has 6 nitrogen and oxygen atoms in total. The van der Waals surface area contributed by atoms with E-state index in [1.807, 2.05) is 0 Å². The van der Waals surface area contributed by atoms with Crippen LogP contribution in [-0.4, -0.2) is 30.5 Å². The quantitative estimate of drug-likeness (QED) is 0.458. The predicted molar refractivity (Wildman–Crippen MR) is 106 cm³/mol. The van der Waals surface area contributed by atoms with Crippen molar-refractivity contribution in [1.29, 1.82) is 0 Å². The lowest BCUT2D eigenvalue weighted by Gasteiger charge is -2.17. The van der Waals surface area contributed by atoms with Gasteiger partial charge in [0, 0.05) is 42.5 Å². The van der Waals surface area contributed by atoms with Gasteiger partial charge in [0.15, 0.2) is 0 Å². The van der Waals surface area contributed by atoms with Gasteiger partial charge in [-0.3, -0.25) is 14.9 Å². The van der Waals surface area contributed by atoms with Gasteiger partial charge in [0.25, 0.3) is 11.6 Å². The highest BCUT2D eigenvalue weighted by Gasteiger charge is 2.15. The van der Waals surface area contributed by atoms with Crippen LogP contribution in [0.4, 0.5) is 11.4 Å². The number of nitrogens with zero attached hydrogens (tertiary/aromatic N) is 2. The van der Waals surface area contributed by atoms with E-state index in [9.17, 15) is 14.9 Å². The first-order valence-electron chi connectivity index (χ1n) is 9.42. The van der Waals surface area contributed by atoms with Crippen molar-refractivity contribution >= 4 is 17.3 Å². The zero-order valence-corrected chi connectivity index (χ0v) is 15.6. The van der Waals surface area contributed by atoms with Crippen LogP contribution in [0.1, 0.15) is 40.7 Å². The number of nitrogens with one attached hydrogen (secondary N) is 1. The van der Waals surface area contributed by atoms with Gasteiger partial charge in [0.05, 0.1) is 4.92 Å². The van der Waals surface area contributed by atoms with E-state index >= 15 is 0 Å². The van der Waals surface area contributed by atoms with Crippen molar-refractivity contribution in [2.24, 2.45) is 0 Å². The molecule has 0 unspecified atom stereocenters. The number of nitro benzene ring substituents is 1. The van der Waals surface area contributed by atoms with Crippen molar-refractivity contribution in [3.63, 3.8) is 0 Å². The summed E-state index contributed by atoms with van der Waals surface area (Å²) in [5.41, 5.74) is 3.38. The summed E-state index contributed by atoms with van der Waals surface area (Å²) in [5.74, 6) is -0.275. The van der Waals surface area contributed by atoms with E-state index in [0.717, 1.165) is 25.9 Å². The standard InChI is InChI=1S/C21H25N3O3/c1-16-6-9-18(15-20(16)24(26)27)21(25)22-12-4-5-17-7-10-19(11-8-17)23-13-2-3-14-23/h6-11,15H,2-5,12-14H2,1H3,(H,22,25). The molecule has 0 aliphatic carbocycles. The highest BCUT2D eigenvalue weighted by molar-refractivity contribution is 5.94. The monoisotopic (exact) mass is 367 g/mol. The number of aryl methyl sites for hydroxylation is 2. The van der Waals surface area contributed by atoms with Gasteiger partial charge >= 0.3 is 0 Å². The van der Waals surface area contributed by atoms with Crippen molar-refractivity contribution in [3.05, 3.63) is 69.3 Å². The first-order valence-corrected chi connectivity index (χ1v) is 9.42. The van der Waals surface area contributed by atoms with Crippen LogP contribution >= 0.6 is 0 Å². The van der Waals surface area contributed by atoms with Crippen LogP contribution in [0.5, 0.6) is 0 Å². The van der Waals surface area contributed by atoms with Crippen molar-refractivity contribution < 1.29 is 9.72 Å². The van der Waals surface area contributed by atoms with Crippen molar-refractivity contribution in [1.82, 2.24) is 5.32 Å². The Labute approximate surface area is 159 Å². The summed E-state index contributed by atoms with van der Waals surface area (Å²) in [6.07, 6.45) is 4.24. The first-order chi connectivity index (χ1) is 13.0. The zero-order valence-electron chi connectivity index (χ0n) is 15.6. The molecule has 142 valence electrons. The van der Waals surface area contributed by atoms with Crippen LogP contribution in [0.15, 0.2) is 42.5 Å². The number of nitro groups is 1. The summed E-state index contributed by atoms with van der Waals surface area (Å²) in [6, 6.07) is 13.2. The molecule has 2 aromatic carbocycles. The SMILES string of the molecule is Cc1ccc(C(=O)NCCCc2ccc(N3CCCC3)cc2)cc1[N+](=O)[O-]. The summed E-state index contributed by atoms with van der Waals surface area (Å²) in [7, 11) is 0. The molecule has 1 aliphatic heterocycles. The van der Waals surface area contributed by atoms with E-state index in [0.29, 0.717) is 17.7 Å². The van der Waals surface area contributed by atoms with E-state index in [1.54, 1.807) is 19.1 Å². The molecule has 27 heavy (non-hydrogen) atoms. The second-order valence-electron chi connectivity index (χ2n) is 6.98. The maximum atomic E-state index is 12.2. The molecule has 0 bridgehead atoms. The number of hydrogen-bond donors (Lipinski definition) is 1. The summed E-state index contributed by atoms with van der Waals surface area (Å²) in [5, 5.41) is 13.8. The Bertz CT molecular complexity index is 812. The topological polar surface area (TPSA) is 75.5 Å². The molecule has 1 saturated heterocycles. The van der Waals surface area contributed by atoms with Gasteiger partial charge in [-0.25, -0.2) is 0 Å². The van der Waals surface area contributed by atoms with Gasteiger partial charge in [-0.2, -0.15) is 0 Å². The number of benzene rings is 2. The van der Waals surface area contributed by atoms with Crippen LogP contribution in [0.3, 0.4) is 0 Å². The predicted octanol–water partition coefficient (Wildman–Crippen LogP) is 3.87. The highest BCUT2D eigenvalue weighted by atomic mass is 16.6. The summed E-state index contributed by atoms with van der Waals surface area (Å²) >= 11 is 0. The summed E-state index contributed by atoms with van der Waals surface area (Å²) in [6.45, 7) is 4.48. The molecule has 1 fully saturated rings. The molecule has 1 aliphatic rings. The van der Waals surface area contributed by atoms with Crippen LogP contribution < -0.4 is 10.2 Å². The number of carbonyl (C=O) groups excluding carboxylic acids is 1. The third-order valence-corrected chi connectivity index (χ3v) is 5.00. The van der Waals surface area contributed by atoms with Crippen molar-refractivity contribution in [2.75, 3.05) is 24.5 Å². The molecule has 0 spiro atoms. The van der Waals surface area contributed by atoms with Gasteiger partial charge in [-0.05, 0) is 56.4 Å². The summed E-state index contributed by atoms with van der Waals surface area (Å²) in [4.78, 5) is 25.1. The summed E-state index contributed by atoms with van der Waals surface area (Å²) < 4.78 is 0. The number of hydrogen-bond acceptors (Lipinski definition) is 4. The van der Waals surface area contributed by atoms with Gasteiger partial charge in [0.1, 0.15) is 0 Å². The Hall–Kier alpha value is -2.89. The van der Waals surface area contributed by atoms with Crippen LogP contribution in [0, 0.1) is 17.0 Å². The largest absolute Gasteiger partial charge is 0.372 e. The lowest BCUT2D eigenvalue weighted by molar-refractivity contribution is -0.385. The maximum Gasteiger partial charge on any atom is 0.273 e. The van der Waals surface area contributed by atoms with Gasteiger partial charge in [-0.15, -0.1) is 0 Å². The Morgan fingerprint density at radius 1 is 1.15 bits per heavy atom. The van der Waals surface area contributed by atoms with E-state index in [1.165, 1.54) is 30.2 Å². The highest BCUT2D eigenvalue weighted by Crippen LogP contribution is 2.21. The fourth-order valence-electron chi connectivity index (χ4n) is 3.39. The second kappa shape index (κ2) is 8.66.